The number of phenolic OH excluding ortho intramolecular Hbond substituents is 2. The van der Waals surface area contributed by atoms with E-state index in [1.807, 2.05) is 12.1 Å². The fourth-order valence-electron chi connectivity index (χ4n) is 4.69. The Morgan fingerprint density at radius 3 is 2.95 bits per heavy atom. The SMILES string of the molecule is CN1CC[C@]23CC(=O)C=CC2[C@H]1Cc1ccc(O)c(O)c13. The molecule has 3 aliphatic rings. The van der Waals surface area contributed by atoms with E-state index in [0.29, 0.717) is 12.5 Å². The number of hydrogen-bond donors (Lipinski definition) is 2. The molecule has 0 spiro atoms. The standard InChI is InChI=1S/C17H19NO3/c1-18-7-6-17-9-11(19)3-4-12(17)13(18)8-10-2-5-14(20)16(21)15(10)17/h2-5,12-13,20-21H,6-9H2,1H3/t12?,13-,17+/m1/s1. The Balaban J connectivity index is 2.00. The van der Waals surface area contributed by atoms with Gasteiger partial charge >= 0.3 is 0 Å². The Labute approximate surface area is 123 Å². The van der Waals surface area contributed by atoms with Gasteiger partial charge in [-0.3, -0.25) is 4.79 Å². The van der Waals surface area contributed by atoms with Crippen LogP contribution in [0, 0.1) is 5.92 Å². The Kier molecular flexibility index (Phi) is 2.52. The van der Waals surface area contributed by atoms with Crippen LogP contribution in [0.5, 0.6) is 11.5 Å². The molecule has 110 valence electrons. The van der Waals surface area contributed by atoms with Crippen molar-refractivity contribution in [2.24, 2.45) is 5.92 Å². The van der Waals surface area contributed by atoms with Gasteiger partial charge in [-0.25, -0.2) is 0 Å². The monoisotopic (exact) mass is 285 g/mol. The van der Waals surface area contributed by atoms with E-state index in [9.17, 15) is 15.0 Å². The van der Waals surface area contributed by atoms with Crippen molar-refractivity contribution in [3.8, 4) is 11.5 Å². The van der Waals surface area contributed by atoms with Crippen molar-refractivity contribution in [1.29, 1.82) is 0 Å². The van der Waals surface area contributed by atoms with E-state index in [0.717, 1.165) is 30.5 Å². The topological polar surface area (TPSA) is 60.8 Å². The first-order valence-electron chi connectivity index (χ1n) is 7.48. The van der Waals surface area contributed by atoms with Gasteiger partial charge < -0.3 is 15.1 Å². The third-order valence-electron chi connectivity index (χ3n) is 5.68. The minimum atomic E-state index is -0.348. The number of aromatic hydroxyl groups is 2. The summed E-state index contributed by atoms with van der Waals surface area (Å²) in [5, 5.41) is 20.4. The van der Waals surface area contributed by atoms with Crippen molar-refractivity contribution in [2.75, 3.05) is 13.6 Å². The quantitative estimate of drug-likeness (QED) is 0.713. The zero-order valence-electron chi connectivity index (χ0n) is 12.0. The predicted molar refractivity (Wildman–Crippen MR) is 78.4 cm³/mol. The highest BCUT2D eigenvalue weighted by Gasteiger charge is 2.54. The fraction of sp³-hybridized carbons (Fsp3) is 0.471. The molecule has 1 heterocycles. The number of allylic oxidation sites excluding steroid dienone is 1. The number of ketones is 1. The summed E-state index contributed by atoms with van der Waals surface area (Å²) in [5.41, 5.74) is 1.54. The number of carbonyl (C=O) groups is 1. The lowest BCUT2D eigenvalue weighted by atomic mass is 9.53. The molecular formula is C17H19NO3. The first-order valence-corrected chi connectivity index (χ1v) is 7.48. The highest BCUT2D eigenvalue weighted by molar-refractivity contribution is 5.92. The molecule has 0 amide bonds. The first kappa shape index (κ1) is 12.9. The van der Waals surface area contributed by atoms with Gasteiger partial charge in [-0.15, -0.1) is 0 Å². The van der Waals surface area contributed by atoms with Gasteiger partial charge in [0.25, 0.3) is 0 Å². The molecule has 0 aromatic heterocycles. The number of carbonyl (C=O) groups excluding carboxylic acids is 1. The molecule has 1 unspecified atom stereocenters. The lowest BCUT2D eigenvalue weighted by molar-refractivity contribution is -0.118. The Morgan fingerprint density at radius 1 is 1.33 bits per heavy atom. The van der Waals surface area contributed by atoms with Gasteiger partial charge in [0.1, 0.15) is 0 Å². The van der Waals surface area contributed by atoms with Crippen LogP contribution >= 0.6 is 0 Å². The zero-order chi connectivity index (χ0) is 14.8. The van der Waals surface area contributed by atoms with Gasteiger partial charge in [0.05, 0.1) is 0 Å². The Morgan fingerprint density at radius 2 is 2.14 bits per heavy atom. The normalized spacial score (nSPS) is 34.4. The number of likely N-dealkylation sites (tertiary alicyclic amines) is 1. The van der Waals surface area contributed by atoms with E-state index >= 15 is 0 Å². The average molecular weight is 285 g/mol. The van der Waals surface area contributed by atoms with Gasteiger partial charge in [-0.1, -0.05) is 12.1 Å². The van der Waals surface area contributed by atoms with Crippen molar-refractivity contribution in [1.82, 2.24) is 4.90 Å². The molecule has 4 nitrogen and oxygen atoms in total. The molecule has 2 aliphatic carbocycles. The van der Waals surface area contributed by atoms with Crippen molar-refractivity contribution in [3.05, 3.63) is 35.4 Å². The van der Waals surface area contributed by atoms with Crippen LogP contribution in [0.3, 0.4) is 0 Å². The van der Waals surface area contributed by atoms with Crippen LogP contribution in [0.15, 0.2) is 24.3 Å². The number of benzene rings is 1. The maximum absolute atomic E-state index is 12.1. The second-order valence-electron chi connectivity index (χ2n) is 6.65. The summed E-state index contributed by atoms with van der Waals surface area (Å²) < 4.78 is 0. The Bertz CT molecular complexity index is 666. The van der Waals surface area contributed by atoms with Crippen LogP contribution in [0.1, 0.15) is 24.0 Å². The number of phenols is 2. The highest BCUT2D eigenvalue weighted by Crippen LogP contribution is 2.56. The molecule has 21 heavy (non-hydrogen) atoms. The third-order valence-corrected chi connectivity index (χ3v) is 5.68. The lowest BCUT2D eigenvalue weighted by Crippen LogP contribution is -2.59. The molecule has 2 N–H and O–H groups in total. The number of rotatable bonds is 0. The number of hydrogen-bond acceptors (Lipinski definition) is 4. The van der Waals surface area contributed by atoms with Crippen LogP contribution in [0.4, 0.5) is 0 Å². The van der Waals surface area contributed by atoms with E-state index in [2.05, 4.69) is 11.9 Å². The van der Waals surface area contributed by atoms with Crippen LogP contribution in [0.2, 0.25) is 0 Å². The summed E-state index contributed by atoms with van der Waals surface area (Å²) in [4.78, 5) is 14.4. The van der Waals surface area contributed by atoms with Gasteiger partial charge in [-0.2, -0.15) is 0 Å². The first-order chi connectivity index (χ1) is 10.0. The maximum atomic E-state index is 12.1. The van der Waals surface area contributed by atoms with Crippen LogP contribution in [-0.2, 0) is 16.6 Å². The number of fused-ring (bicyclic) bond motifs is 1. The van der Waals surface area contributed by atoms with Gasteiger partial charge in [0.15, 0.2) is 17.3 Å². The number of piperidine rings is 1. The second kappa shape index (κ2) is 4.10. The Hall–Kier alpha value is -1.81. The van der Waals surface area contributed by atoms with E-state index in [4.69, 9.17) is 0 Å². The molecule has 2 bridgehead atoms. The van der Waals surface area contributed by atoms with Gasteiger partial charge in [0.2, 0.25) is 0 Å². The average Bonchev–Trinajstić information content (AvgIpc) is 2.46. The second-order valence-corrected chi connectivity index (χ2v) is 6.65. The smallest absolute Gasteiger partial charge is 0.161 e. The molecule has 4 heteroatoms. The molecule has 1 saturated heterocycles. The van der Waals surface area contributed by atoms with Crippen molar-refractivity contribution < 1.29 is 15.0 Å². The molecule has 0 radical (unpaired) electrons. The molecular weight excluding hydrogens is 266 g/mol. The summed E-state index contributed by atoms with van der Waals surface area (Å²) in [6.07, 6.45) is 5.84. The molecule has 4 rings (SSSR count). The molecule has 1 aromatic rings. The minimum absolute atomic E-state index is 0.0244. The van der Waals surface area contributed by atoms with Crippen molar-refractivity contribution in [2.45, 2.75) is 30.7 Å². The summed E-state index contributed by atoms with van der Waals surface area (Å²) in [6, 6.07) is 3.82. The molecule has 3 atom stereocenters. The molecule has 0 saturated carbocycles. The number of likely N-dealkylation sites (N-methyl/N-ethyl adjacent to an activating group) is 1. The molecule has 1 aliphatic heterocycles. The van der Waals surface area contributed by atoms with Crippen molar-refractivity contribution >= 4 is 5.78 Å². The maximum Gasteiger partial charge on any atom is 0.161 e. The summed E-state index contributed by atoms with van der Waals surface area (Å²) >= 11 is 0. The van der Waals surface area contributed by atoms with E-state index < -0.39 is 0 Å². The van der Waals surface area contributed by atoms with Crippen LogP contribution in [-0.4, -0.2) is 40.5 Å². The highest BCUT2D eigenvalue weighted by atomic mass is 16.3. The van der Waals surface area contributed by atoms with E-state index in [-0.39, 0.29) is 28.6 Å². The van der Waals surface area contributed by atoms with E-state index in [1.54, 1.807) is 12.1 Å². The van der Waals surface area contributed by atoms with E-state index in [1.165, 1.54) is 0 Å². The molecule has 1 fully saturated rings. The largest absolute Gasteiger partial charge is 0.504 e. The van der Waals surface area contributed by atoms with Crippen LogP contribution < -0.4 is 0 Å². The van der Waals surface area contributed by atoms with Gasteiger partial charge in [-0.05, 0) is 44.1 Å². The molecule has 1 aromatic carbocycles. The zero-order valence-corrected chi connectivity index (χ0v) is 12.0. The summed E-state index contributed by atoms with van der Waals surface area (Å²) in [6.45, 7) is 0.914. The summed E-state index contributed by atoms with van der Waals surface area (Å²) in [7, 11) is 2.13. The van der Waals surface area contributed by atoms with Gasteiger partial charge in [0, 0.05) is 29.4 Å². The predicted octanol–water partition coefficient (Wildman–Crippen LogP) is 1.74. The van der Waals surface area contributed by atoms with Crippen LogP contribution in [0.25, 0.3) is 0 Å². The summed E-state index contributed by atoms with van der Waals surface area (Å²) in [5.74, 6) is 0.240. The van der Waals surface area contributed by atoms with Crippen molar-refractivity contribution in [3.63, 3.8) is 0 Å². The third kappa shape index (κ3) is 1.57. The number of nitrogens with zero attached hydrogens (tertiary/aromatic N) is 1. The fourth-order valence-corrected chi connectivity index (χ4v) is 4.69. The minimum Gasteiger partial charge on any atom is -0.504 e. The lowest BCUT2D eigenvalue weighted by Gasteiger charge is -2.56.